The summed E-state index contributed by atoms with van der Waals surface area (Å²) in [4.78, 5) is 0. The zero-order valence-corrected chi connectivity index (χ0v) is 13.7. The highest BCUT2D eigenvalue weighted by Crippen LogP contribution is 2.30. The Labute approximate surface area is 134 Å². The van der Waals surface area contributed by atoms with Crippen molar-refractivity contribution in [3.05, 3.63) is 59.7 Å². The van der Waals surface area contributed by atoms with Crippen molar-refractivity contribution in [2.75, 3.05) is 0 Å². The first kappa shape index (κ1) is 16.3. The molecule has 1 nitrogen and oxygen atoms in total. The first-order chi connectivity index (χ1) is 10.8. The Bertz CT molecular complexity index is 622. The Morgan fingerprint density at radius 2 is 1.77 bits per heavy atom. The highest BCUT2D eigenvalue weighted by Gasteiger charge is 2.14. The number of rotatable bonds is 7. The predicted molar refractivity (Wildman–Crippen MR) is 93.6 cm³/mol. The highest BCUT2D eigenvalue weighted by molar-refractivity contribution is 5.74. The van der Waals surface area contributed by atoms with Crippen LogP contribution in [0.1, 0.15) is 50.7 Å². The summed E-state index contributed by atoms with van der Waals surface area (Å²) >= 11 is 0. The molecule has 0 fully saturated rings. The van der Waals surface area contributed by atoms with Gasteiger partial charge in [0.25, 0.3) is 0 Å². The molecule has 2 aromatic carbocycles. The van der Waals surface area contributed by atoms with E-state index in [4.69, 9.17) is 0 Å². The predicted octanol–water partition coefficient (Wildman–Crippen LogP) is 5.98. The van der Waals surface area contributed by atoms with Gasteiger partial charge in [0.1, 0.15) is 0 Å². The van der Waals surface area contributed by atoms with Crippen LogP contribution in [0, 0.1) is 17.2 Å². The van der Waals surface area contributed by atoms with Crippen LogP contribution in [0.4, 0.5) is 0 Å². The fourth-order valence-electron chi connectivity index (χ4n) is 3.06. The van der Waals surface area contributed by atoms with E-state index in [0.717, 1.165) is 23.1 Å². The molecule has 0 N–H and O–H groups in total. The maximum Gasteiger partial charge on any atom is 0.0998 e. The average molecular weight is 291 g/mol. The zero-order valence-electron chi connectivity index (χ0n) is 13.7. The molecule has 0 aliphatic carbocycles. The normalized spacial score (nSPS) is 11.9. The quantitative estimate of drug-likeness (QED) is 0.615. The lowest BCUT2D eigenvalue weighted by Gasteiger charge is -2.18. The summed E-state index contributed by atoms with van der Waals surface area (Å²) in [5.41, 5.74) is 4.38. The topological polar surface area (TPSA) is 23.8 Å². The molecule has 0 saturated carbocycles. The largest absolute Gasteiger partial charge is 0.192 e. The molecule has 2 aromatic rings. The molecule has 2 rings (SSSR count). The first-order valence-corrected chi connectivity index (χ1v) is 8.37. The fourth-order valence-corrected chi connectivity index (χ4v) is 3.06. The van der Waals surface area contributed by atoms with E-state index in [1.165, 1.54) is 31.2 Å². The van der Waals surface area contributed by atoms with Crippen molar-refractivity contribution in [1.29, 1.82) is 5.26 Å². The van der Waals surface area contributed by atoms with Gasteiger partial charge in [-0.25, -0.2) is 0 Å². The molecule has 1 heteroatoms. The Kier molecular flexibility index (Phi) is 6.22. The number of hydrogen-bond donors (Lipinski definition) is 0. The third-order valence-electron chi connectivity index (χ3n) is 4.39. The molecule has 0 amide bonds. The van der Waals surface area contributed by atoms with Crippen molar-refractivity contribution in [3.63, 3.8) is 0 Å². The smallest absolute Gasteiger partial charge is 0.0998 e. The number of hydrogen-bond acceptors (Lipinski definition) is 1. The third-order valence-corrected chi connectivity index (χ3v) is 4.39. The number of unbranched alkanes of at least 4 members (excludes halogenated alkanes) is 1. The lowest BCUT2D eigenvalue weighted by atomic mass is 9.86. The minimum atomic E-state index is 0.705. The first-order valence-electron chi connectivity index (χ1n) is 8.37. The lowest BCUT2D eigenvalue weighted by molar-refractivity contribution is 0.449. The van der Waals surface area contributed by atoms with Crippen LogP contribution in [0.25, 0.3) is 11.1 Å². The van der Waals surface area contributed by atoms with Gasteiger partial charge in [-0.05, 0) is 29.5 Å². The standard InChI is InChI=1S/C21H25N/c1-3-5-10-17(4-2)15-19-13-9-14-20(16-22)21(19)18-11-7-6-8-12-18/h6-9,11-14,17H,3-5,10,15H2,1-2H3. The molecule has 0 saturated heterocycles. The van der Waals surface area contributed by atoms with Crippen molar-refractivity contribution in [2.24, 2.45) is 5.92 Å². The van der Waals surface area contributed by atoms with Gasteiger partial charge in [0, 0.05) is 5.56 Å². The van der Waals surface area contributed by atoms with Gasteiger partial charge in [-0.3, -0.25) is 0 Å². The van der Waals surface area contributed by atoms with Gasteiger partial charge >= 0.3 is 0 Å². The van der Waals surface area contributed by atoms with Crippen LogP contribution < -0.4 is 0 Å². The molecule has 22 heavy (non-hydrogen) atoms. The van der Waals surface area contributed by atoms with Crippen LogP contribution in [-0.2, 0) is 6.42 Å². The minimum Gasteiger partial charge on any atom is -0.192 e. The van der Waals surface area contributed by atoms with Crippen LogP contribution in [0.5, 0.6) is 0 Å². The van der Waals surface area contributed by atoms with E-state index in [-0.39, 0.29) is 0 Å². The molecule has 0 heterocycles. The summed E-state index contributed by atoms with van der Waals surface area (Å²) in [7, 11) is 0. The van der Waals surface area contributed by atoms with Crippen LogP contribution in [-0.4, -0.2) is 0 Å². The molecule has 0 aromatic heterocycles. The molecule has 0 aliphatic rings. The zero-order chi connectivity index (χ0) is 15.8. The van der Waals surface area contributed by atoms with E-state index < -0.39 is 0 Å². The van der Waals surface area contributed by atoms with Gasteiger partial charge < -0.3 is 0 Å². The van der Waals surface area contributed by atoms with Crippen LogP contribution in [0.15, 0.2) is 48.5 Å². The summed E-state index contributed by atoms with van der Waals surface area (Å²) < 4.78 is 0. The SMILES string of the molecule is CCCCC(CC)Cc1cccc(C#N)c1-c1ccccc1. The molecule has 114 valence electrons. The van der Waals surface area contributed by atoms with Crippen molar-refractivity contribution in [2.45, 2.75) is 46.0 Å². The summed E-state index contributed by atoms with van der Waals surface area (Å²) in [6.45, 7) is 4.52. The Balaban J connectivity index is 2.37. The molecule has 1 unspecified atom stereocenters. The van der Waals surface area contributed by atoms with Crippen LogP contribution in [0.2, 0.25) is 0 Å². The summed E-state index contributed by atoms with van der Waals surface area (Å²) in [6.07, 6.45) is 6.08. The number of nitrogens with zero attached hydrogens (tertiary/aromatic N) is 1. The van der Waals surface area contributed by atoms with Gasteiger partial charge in [-0.2, -0.15) is 5.26 Å². The van der Waals surface area contributed by atoms with Gasteiger partial charge in [-0.1, -0.05) is 82.0 Å². The van der Waals surface area contributed by atoms with Crippen molar-refractivity contribution in [1.82, 2.24) is 0 Å². The molecule has 0 spiro atoms. The third kappa shape index (κ3) is 3.98. The van der Waals surface area contributed by atoms with Gasteiger partial charge in [0.2, 0.25) is 0 Å². The monoisotopic (exact) mass is 291 g/mol. The van der Waals surface area contributed by atoms with Gasteiger partial charge in [-0.15, -0.1) is 0 Å². The van der Waals surface area contributed by atoms with E-state index in [2.05, 4.69) is 38.1 Å². The molecular weight excluding hydrogens is 266 g/mol. The molecule has 0 aliphatic heterocycles. The second-order valence-corrected chi connectivity index (χ2v) is 5.94. The lowest BCUT2D eigenvalue weighted by Crippen LogP contribution is -2.05. The maximum absolute atomic E-state index is 9.49. The van der Waals surface area contributed by atoms with Crippen molar-refractivity contribution < 1.29 is 0 Å². The summed E-state index contributed by atoms with van der Waals surface area (Å²) in [6, 6.07) is 18.8. The number of nitriles is 1. The molecular formula is C21H25N. The molecule has 0 radical (unpaired) electrons. The van der Waals surface area contributed by atoms with Crippen LogP contribution in [0.3, 0.4) is 0 Å². The molecule has 0 bridgehead atoms. The highest BCUT2D eigenvalue weighted by atomic mass is 14.3. The van der Waals surface area contributed by atoms with Crippen LogP contribution >= 0.6 is 0 Å². The Hall–Kier alpha value is -2.07. The second kappa shape index (κ2) is 8.39. The van der Waals surface area contributed by atoms with Crippen molar-refractivity contribution in [3.8, 4) is 17.2 Å². The Morgan fingerprint density at radius 3 is 2.41 bits per heavy atom. The number of benzene rings is 2. The van der Waals surface area contributed by atoms with E-state index in [0.29, 0.717) is 5.92 Å². The van der Waals surface area contributed by atoms with Crippen molar-refractivity contribution >= 4 is 0 Å². The van der Waals surface area contributed by atoms with Gasteiger partial charge in [0.05, 0.1) is 11.6 Å². The van der Waals surface area contributed by atoms with E-state index in [1.807, 2.05) is 30.3 Å². The van der Waals surface area contributed by atoms with E-state index in [9.17, 15) is 5.26 Å². The average Bonchev–Trinajstić information content (AvgIpc) is 2.58. The minimum absolute atomic E-state index is 0.705. The molecule has 1 atom stereocenters. The maximum atomic E-state index is 9.49. The second-order valence-electron chi connectivity index (χ2n) is 5.94. The summed E-state index contributed by atoms with van der Waals surface area (Å²) in [5.74, 6) is 0.705. The van der Waals surface area contributed by atoms with Gasteiger partial charge in [0.15, 0.2) is 0 Å². The Morgan fingerprint density at radius 1 is 1.00 bits per heavy atom. The van der Waals surface area contributed by atoms with E-state index in [1.54, 1.807) is 0 Å². The summed E-state index contributed by atoms with van der Waals surface area (Å²) in [5, 5.41) is 9.49. The fraction of sp³-hybridized carbons (Fsp3) is 0.381. The van der Waals surface area contributed by atoms with E-state index >= 15 is 0 Å².